The normalized spacial score (nSPS) is 22.3. The van der Waals surface area contributed by atoms with Crippen LogP contribution in [0.5, 0.6) is 11.5 Å². The van der Waals surface area contributed by atoms with Crippen LogP contribution in [0, 0.1) is 17.8 Å². The van der Waals surface area contributed by atoms with Crippen molar-refractivity contribution < 1.29 is 14.3 Å². The van der Waals surface area contributed by atoms with Crippen molar-refractivity contribution in [3.8, 4) is 11.5 Å². The Morgan fingerprint density at radius 1 is 1.15 bits per heavy atom. The molecule has 2 atom stereocenters. The molecule has 34 heavy (non-hydrogen) atoms. The van der Waals surface area contributed by atoms with E-state index in [1.807, 2.05) is 23.1 Å². The first kappa shape index (κ1) is 23.2. The zero-order valence-electron chi connectivity index (χ0n) is 19.8. The number of methoxy groups -OCH3 is 1. The van der Waals surface area contributed by atoms with Crippen LogP contribution >= 0.6 is 11.6 Å². The number of hydrogen-bond donors (Lipinski definition) is 0. The highest BCUT2D eigenvalue weighted by atomic mass is 35.5. The summed E-state index contributed by atoms with van der Waals surface area (Å²) in [4.78, 5) is 25.2. The molecule has 2 saturated heterocycles. The molecule has 1 amide bonds. The fourth-order valence-electron chi connectivity index (χ4n) is 5.31. The number of carbonyl (C=O) groups excluding carboxylic acids is 1. The van der Waals surface area contributed by atoms with E-state index in [-0.39, 0.29) is 5.91 Å². The molecule has 0 N–H and O–H groups in total. The summed E-state index contributed by atoms with van der Waals surface area (Å²) in [6.45, 7) is 4.49. The van der Waals surface area contributed by atoms with Gasteiger partial charge in [-0.15, -0.1) is 0 Å². The van der Waals surface area contributed by atoms with Gasteiger partial charge in [-0.3, -0.25) is 4.79 Å². The van der Waals surface area contributed by atoms with Gasteiger partial charge in [-0.05, 0) is 55.9 Å². The number of hydrogen-bond acceptors (Lipinski definition) is 6. The van der Waals surface area contributed by atoms with Crippen LogP contribution in [0.25, 0.3) is 0 Å². The van der Waals surface area contributed by atoms with Crippen LogP contribution in [0.3, 0.4) is 0 Å². The summed E-state index contributed by atoms with van der Waals surface area (Å²) in [5.74, 6) is 4.87. The van der Waals surface area contributed by atoms with Gasteiger partial charge in [0, 0.05) is 37.8 Å². The predicted octanol–water partition coefficient (Wildman–Crippen LogP) is 4.24. The van der Waals surface area contributed by atoms with Gasteiger partial charge in [0.2, 0.25) is 11.9 Å². The third-order valence-corrected chi connectivity index (χ3v) is 7.77. The molecule has 3 aliphatic rings. The second kappa shape index (κ2) is 10.4. The van der Waals surface area contributed by atoms with Crippen molar-refractivity contribution in [2.24, 2.45) is 17.8 Å². The number of benzene rings is 1. The molecule has 0 bridgehead atoms. The van der Waals surface area contributed by atoms with Crippen molar-refractivity contribution in [3.63, 3.8) is 0 Å². The standard InChI is InChI=1S/C26H33ClN4O3/c1-33-24-15-22(4-3-20(24)14-25(32)30-8-2-9-30)34-12-7-19-13-23(19)18-5-10-31(11-6-18)26-28-16-21(27)17-29-26/h3-4,15-19,23H,2,5-14H2,1H3. The van der Waals surface area contributed by atoms with Crippen LogP contribution in [0.4, 0.5) is 5.95 Å². The smallest absolute Gasteiger partial charge is 0.227 e. The van der Waals surface area contributed by atoms with Gasteiger partial charge in [-0.2, -0.15) is 0 Å². The second-order valence-corrected chi connectivity index (χ2v) is 10.1. The molecule has 1 aromatic heterocycles. The summed E-state index contributed by atoms with van der Waals surface area (Å²) >= 11 is 5.90. The largest absolute Gasteiger partial charge is 0.496 e. The van der Waals surface area contributed by atoms with Gasteiger partial charge >= 0.3 is 0 Å². The minimum atomic E-state index is 0.171. The van der Waals surface area contributed by atoms with Crippen molar-refractivity contribution in [2.75, 3.05) is 44.8 Å². The zero-order chi connectivity index (χ0) is 23.5. The summed E-state index contributed by atoms with van der Waals surface area (Å²) in [7, 11) is 1.65. The number of rotatable bonds is 9. The van der Waals surface area contributed by atoms with Crippen molar-refractivity contribution in [1.29, 1.82) is 0 Å². The topological polar surface area (TPSA) is 67.8 Å². The number of amides is 1. The van der Waals surface area contributed by atoms with E-state index in [9.17, 15) is 4.79 Å². The highest BCUT2D eigenvalue weighted by Crippen LogP contribution is 2.50. The molecule has 2 aromatic rings. The van der Waals surface area contributed by atoms with Gasteiger partial charge in [0.05, 0.1) is 37.6 Å². The van der Waals surface area contributed by atoms with Crippen molar-refractivity contribution >= 4 is 23.5 Å². The number of nitrogens with zero attached hydrogens (tertiary/aromatic N) is 4. The monoisotopic (exact) mass is 484 g/mol. The predicted molar refractivity (Wildman–Crippen MR) is 132 cm³/mol. The lowest BCUT2D eigenvalue weighted by molar-refractivity contribution is -0.133. The summed E-state index contributed by atoms with van der Waals surface area (Å²) < 4.78 is 11.6. The molecule has 2 unspecified atom stereocenters. The van der Waals surface area contributed by atoms with Crippen LogP contribution in [0.2, 0.25) is 5.02 Å². The van der Waals surface area contributed by atoms with E-state index >= 15 is 0 Å². The summed E-state index contributed by atoms with van der Waals surface area (Å²) in [5, 5.41) is 0.577. The van der Waals surface area contributed by atoms with Crippen molar-refractivity contribution in [3.05, 3.63) is 41.2 Å². The van der Waals surface area contributed by atoms with Gasteiger partial charge in [0.1, 0.15) is 11.5 Å². The Bertz CT molecular complexity index is 990. The Morgan fingerprint density at radius 3 is 2.59 bits per heavy atom. The lowest BCUT2D eigenvalue weighted by Crippen LogP contribution is -2.42. The molecule has 182 valence electrons. The van der Waals surface area contributed by atoms with E-state index in [2.05, 4.69) is 14.9 Å². The Hall–Kier alpha value is -2.54. The Labute approximate surface area is 206 Å². The fourth-order valence-corrected chi connectivity index (χ4v) is 5.40. The number of halogens is 1. The van der Waals surface area contributed by atoms with E-state index in [0.29, 0.717) is 18.1 Å². The fraction of sp³-hybridized carbons (Fsp3) is 0.577. The van der Waals surface area contributed by atoms with Crippen LogP contribution in [-0.4, -0.2) is 60.7 Å². The quantitative estimate of drug-likeness (QED) is 0.530. The Balaban J connectivity index is 1.04. The maximum atomic E-state index is 12.3. The molecule has 0 radical (unpaired) electrons. The summed E-state index contributed by atoms with van der Waals surface area (Å²) in [6.07, 6.45) is 9.62. The average molecular weight is 485 g/mol. The maximum absolute atomic E-state index is 12.3. The molecule has 1 aliphatic carbocycles. The number of piperidine rings is 1. The van der Waals surface area contributed by atoms with E-state index in [0.717, 1.165) is 79.8 Å². The number of ether oxygens (including phenoxy) is 2. The lowest BCUT2D eigenvalue weighted by atomic mass is 9.90. The molecule has 3 fully saturated rings. The summed E-state index contributed by atoms with van der Waals surface area (Å²) in [5.41, 5.74) is 0.921. The minimum absolute atomic E-state index is 0.171. The number of carbonyl (C=O) groups is 1. The third kappa shape index (κ3) is 5.40. The van der Waals surface area contributed by atoms with Gasteiger partial charge in [-0.25, -0.2) is 9.97 Å². The third-order valence-electron chi connectivity index (χ3n) is 7.58. The zero-order valence-corrected chi connectivity index (χ0v) is 20.5. The van der Waals surface area contributed by atoms with Crippen molar-refractivity contribution in [2.45, 2.75) is 38.5 Å². The maximum Gasteiger partial charge on any atom is 0.227 e. The molecular formula is C26H33ClN4O3. The first-order valence-corrected chi connectivity index (χ1v) is 12.8. The molecular weight excluding hydrogens is 452 g/mol. The minimum Gasteiger partial charge on any atom is -0.496 e. The molecule has 7 nitrogen and oxygen atoms in total. The Morgan fingerprint density at radius 2 is 1.91 bits per heavy atom. The van der Waals surface area contributed by atoms with Gasteiger partial charge < -0.3 is 19.3 Å². The SMILES string of the molecule is COc1cc(OCCC2CC2C2CCN(c3ncc(Cl)cn3)CC2)ccc1CC(=O)N1CCC1. The van der Waals surface area contributed by atoms with Crippen LogP contribution < -0.4 is 14.4 Å². The Kier molecular flexibility index (Phi) is 7.09. The number of aromatic nitrogens is 2. The second-order valence-electron chi connectivity index (χ2n) is 9.71. The van der Waals surface area contributed by atoms with E-state index < -0.39 is 0 Å². The molecule has 8 heteroatoms. The number of anilines is 1. The van der Waals surface area contributed by atoms with E-state index in [1.54, 1.807) is 19.5 Å². The molecule has 5 rings (SSSR count). The van der Waals surface area contributed by atoms with Crippen LogP contribution in [0.1, 0.15) is 37.7 Å². The van der Waals surface area contributed by atoms with E-state index in [1.165, 1.54) is 19.3 Å². The summed E-state index contributed by atoms with van der Waals surface area (Å²) in [6, 6.07) is 5.84. The first-order chi connectivity index (χ1) is 16.6. The molecule has 1 saturated carbocycles. The molecule has 1 aromatic carbocycles. The van der Waals surface area contributed by atoms with Gasteiger partial charge in [-0.1, -0.05) is 17.7 Å². The van der Waals surface area contributed by atoms with E-state index in [4.69, 9.17) is 21.1 Å². The molecule has 3 heterocycles. The highest BCUT2D eigenvalue weighted by Gasteiger charge is 2.43. The highest BCUT2D eigenvalue weighted by molar-refractivity contribution is 6.30. The average Bonchev–Trinajstić information content (AvgIpc) is 3.59. The van der Waals surface area contributed by atoms with Crippen molar-refractivity contribution in [1.82, 2.24) is 14.9 Å². The van der Waals surface area contributed by atoms with Gasteiger partial charge in [0.25, 0.3) is 0 Å². The molecule has 0 spiro atoms. The van der Waals surface area contributed by atoms with Crippen LogP contribution in [0.15, 0.2) is 30.6 Å². The number of likely N-dealkylation sites (tertiary alicyclic amines) is 1. The lowest BCUT2D eigenvalue weighted by Gasteiger charge is -2.32. The van der Waals surface area contributed by atoms with Crippen LogP contribution in [-0.2, 0) is 11.2 Å². The molecule has 2 aliphatic heterocycles. The first-order valence-electron chi connectivity index (χ1n) is 12.4. The van der Waals surface area contributed by atoms with Gasteiger partial charge in [0.15, 0.2) is 0 Å².